The number of urea groups is 1. The molecule has 3 amide bonds. The SMILES string of the molecule is CCN(CC)CCOc1nc2c(cc1NC(=O)N(C=O)c1ccc(F)c(C(F)(F)F)c1)c(C)nn2C. The number of fused-ring (bicyclic) bond motifs is 1. The molecule has 194 valence electrons. The maximum Gasteiger partial charge on any atom is 0.419 e. The van der Waals surface area contributed by atoms with E-state index in [-0.39, 0.29) is 24.6 Å². The second-order valence-corrected chi connectivity index (χ2v) is 7.86. The number of hydrogen-bond donors (Lipinski definition) is 1. The second kappa shape index (κ2) is 10.9. The number of aryl methyl sites for hydroxylation is 2. The third-order valence-corrected chi connectivity index (χ3v) is 5.60. The molecule has 0 radical (unpaired) electrons. The molecule has 0 saturated carbocycles. The number of nitrogens with one attached hydrogen (secondary N) is 1. The summed E-state index contributed by atoms with van der Waals surface area (Å²) < 4.78 is 60.4. The largest absolute Gasteiger partial charge is 0.475 e. The summed E-state index contributed by atoms with van der Waals surface area (Å²) in [5.41, 5.74) is -0.871. The number of halogens is 4. The molecule has 0 atom stereocenters. The van der Waals surface area contributed by atoms with E-state index in [1.807, 2.05) is 13.8 Å². The van der Waals surface area contributed by atoms with Crippen LogP contribution in [0, 0.1) is 12.7 Å². The summed E-state index contributed by atoms with van der Waals surface area (Å²) in [5, 5.41) is 7.37. The third-order valence-electron chi connectivity index (χ3n) is 5.60. The predicted molar refractivity (Wildman–Crippen MR) is 125 cm³/mol. The molecule has 3 aromatic rings. The Kier molecular flexibility index (Phi) is 8.13. The van der Waals surface area contributed by atoms with E-state index in [0.717, 1.165) is 19.2 Å². The second-order valence-electron chi connectivity index (χ2n) is 7.86. The smallest absolute Gasteiger partial charge is 0.419 e. The lowest BCUT2D eigenvalue weighted by Gasteiger charge is -2.20. The first-order valence-corrected chi connectivity index (χ1v) is 11.1. The Morgan fingerprint density at radius 2 is 1.92 bits per heavy atom. The molecule has 13 heteroatoms. The van der Waals surface area contributed by atoms with Gasteiger partial charge < -0.3 is 15.0 Å². The van der Waals surface area contributed by atoms with E-state index in [1.54, 1.807) is 24.7 Å². The summed E-state index contributed by atoms with van der Waals surface area (Å²) >= 11 is 0. The van der Waals surface area contributed by atoms with E-state index >= 15 is 0 Å². The molecule has 0 aliphatic carbocycles. The summed E-state index contributed by atoms with van der Waals surface area (Å²) in [5.74, 6) is -1.48. The molecule has 1 aromatic carbocycles. The van der Waals surface area contributed by atoms with Gasteiger partial charge in [-0.3, -0.25) is 9.48 Å². The van der Waals surface area contributed by atoms with Crippen LogP contribution >= 0.6 is 0 Å². The van der Waals surface area contributed by atoms with Crippen molar-refractivity contribution in [3.8, 4) is 5.88 Å². The van der Waals surface area contributed by atoms with Gasteiger partial charge in [-0.2, -0.15) is 23.3 Å². The molecule has 2 aromatic heterocycles. The minimum Gasteiger partial charge on any atom is -0.475 e. The van der Waals surface area contributed by atoms with Crippen LogP contribution in [0.1, 0.15) is 25.1 Å². The molecule has 0 fully saturated rings. The lowest BCUT2D eigenvalue weighted by Crippen LogP contribution is -2.34. The van der Waals surface area contributed by atoms with Gasteiger partial charge in [0.05, 0.1) is 16.9 Å². The molecule has 1 N–H and O–H groups in total. The monoisotopic (exact) mass is 510 g/mol. The van der Waals surface area contributed by atoms with Gasteiger partial charge >= 0.3 is 12.2 Å². The van der Waals surface area contributed by atoms with Crippen molar-refractivity contribution in [1.29, 1.82) is 0 Å². The van der Waals surface area contributed by atoms with E-state index in [9.17, 15) is 27.2 Å². The zero-order valence-electron chi connectivity index (χ0n) is 20.2. The number of imide groups is 1. The van der Waals surface area contributed by atoms with E-state index in [0.29, 0.717) is 40.3 Å². The highest BCUT2D eigenvalue weighted by Gasteiger charge is 2.35. The maximum atomic E-state index is 13.7. The number of alkyl halides is 3. The Bertz CT molecular complexity index is 1260. The highest BCUT2D eigenvalue weighted by molar-refractivity contribution is 6.12. The fourth-order valence-electron chi connectivity index (χ4n) is 3.62. The Balaban J connectivity index is 1.94. The maximum absolute atomic E-state index is 13.7. The minimum absolute atomic E-state index is 0.0326. The topological polar surface area (TPSA) is 92.6 Å². The molecule has 0 saturated heterocycles. The Hall–Kier alpha value is -3.74. The first-order chi connectivity index (χ1) is 17.0. The molecule has 0 aliphatic rings. The third kappa shape index (κ3) is 5.73. The number of benzene rings is 1. The zero-order valence-corrected chi connectivity index (χ0v) is 20.2. The van der Waals surface area contributed by atoms with Gasteiger partial charge in [0, 0.05) is 19.0 Å². The highest BCUT2D eigenvalue weighted by atomic mass is 19.4. The molecule has 9 nitrogen and oxygen atoms in total. The molecule has 0 bridgehead atoms. The van der Waals surface area contributed by atoms with Gasteiger partial charge in [0.15, 0.2) is 5.65 Å². The van der Waals surface area contributed by atoms with Crippen LogP contribution in [0.3, 0.4) is 0 Å². The number of aromatic nitrogens is 3. The van der Waals surface area contributed by atoms with Gasteiger partial charge in [-0.1, -0.05) is 13.8 Å². The van der Waals surface area contributed by atoms with Gasteiger partial charge in [-0.25, -0.2) is 14.1 Å². The van der Waals surface area contributed by atoms with Crippen molar-refractivity contribution in [2.75, 3.05) is 36.5 Å². The van der Waals surface area contributed by atoms with Crippen LogP contribution in [0.25, 0.3) is 11.0 Å². The quantitative estimate of drug-likeness (QED) is 0.340. The van der Waals surface area contributed by atoms with Crippen LogP contribution in [-0.4, -0.2) is 58.3 Å². The molecule has 36 heavy (non-hydrogen) atoms. The number of nitrogens with zero attached hydrogens (tertiary/aromatic N) is 5. The number of ether oxygens (including phenoxy) is 1. The first kappa shape index (κ1) is 26.9. The summed E-state index contributed by atoms with van der Waals surface area (Å²) in [7, 11) is 1.70. The van der Waals surface area contributed by atoms with Gasteiger partial charge in [-0.15, -0.1) is 0 Å². The molecule has 3 rings (SSSR count). The summed E-state index contributed by atoms with van der Waals surface area (Å²) in [4.78, 5) is 31.6. The number of rotatable bonds is 9. The predicted octanol–water partition coefficient (Wildman–Crippen LogP) is 4.35. The van der Waals surface area contributed by atoms with Crippen LogP contribution < -0.4 is 15.0 Å². The van der Waals surface area contributed by atoms with E-state index in [2.05, 4.69) is 20.3 Å². The summed E-state index contributed by atoms with van der Waals surface area (Å²) in [6, 6.07) is 2.30. The number of pyridine rings is 1. The first-order valence-electron chi connectivity index (χ1n) is 11.1. The van der Waals surface area contributed by atoms with Crippen LogP contribution in [-0.2, 0) is 18.0 Å². The van der Waals surface area contributed by atoms with Crippen molar-refractivity contribution in [2.45, 2.75) is 26.9 Å². The van der Waals surface area contributed by atoms with E-state index < -0.39 is 29.3 Å². The van der Waals surface area contributed by atoms with Crippen molar-refractivity contribution in [2.24, 2.45) is 7.05 Å². The highest BCUT2D eigenvalue weighted by Crippen LogP contribution is 2.34. The standard InChI is InChI=1S/C23H26F4N6O3/c1-5-32(6-2)9-10-36-21-19(12-16-14(3)30-31(4)20(16)29-21)28-22(35)33(13-34)15-7-8-18(24)17(11-15)23(25,26)27/h7-8,11-13H,5-6,9-10H2,1-4H3,(H,28,35). The van der Waals surface area contributed by atoms with Crippen LogP contribution in [0.15, 0.2) is 24.3 Å². The number of amides is 3. The van der Waals surface area contributed by atoms with Crippen molar-refractivity contribution in [3.05, 3.63) is 41.3 Å². The molecule has 0 unspecified atom stereocenters. The number of carbonyl (C=O) groups excluding carboxylic acids is 2. The van der Waals surface area contributed by atoms with Crippen molar-refractivity contribution < 1.29 is 31.9 Å². The van der Waals surface area contributed by atoms with Crippen LogP contribution in [0.4, 0.5) is 33.7 Å². The average molecular weight is 510 g/mol. The van der Waals surface area contributed by atoms with Crippen LogP contribution in [0.5, 0.6) is 5.88 Å². The lowest BCUT2D eigenvalue weighted by molar-refractivity contribution is -0.140. The Morgan fingerprint density at radius 3 is 2.53 bits per heavy atom. The number of anilines is 2. The van der Waals surface area contributed by atoms with Gasteiger partial charge in [0.2, 0.25) is 12.3 Å². The van der Waals surface area contributed by atoms with Crippen molar-refractivity contribution in [1.82, 2.24) is 19.7 Å². The van der Waals surface area contributed by atoms with Gasteiger partial charge in [-0.05, 0) is 44.3 Å². The molecule has 0 spiro atoms. The lowest BCUT2D eigenvalue weighted by atomic mass is 10.1. The summed E-state index contributed by atoms with van der Waals surface area (Å²) in [6.45, 7) is 8.19. The fourth-order valence-corrected chi connectivity index (χ4v) is 3.62. The van der Waals surface area contributed by atoms with Gasteiger partial charge in [0.25, 0.3) is 0 Å². The number of hydrogen-bond acceptors (Lipinski definition) is 6. The number of carbonyl (C=O) groups is 2. The zero-order chi connectivity index (χ0) is 26.6. The molecular formula is C23H26F4N6O3. The van der Waals surface area contributed by atoms with Gasteiger partial charge in [0.1, 0.15) is 18.1 Å². The van der Waals surface area contributed by atoms with Crippen LogP contribution in [0.2, 0.25) is 0 Å². The van der Waals surface area contributed by atoms with E-state index in [4.69, 9.17) is 4.74 Å². The normalized spacial score (nSPS) is 11.7. The summed E-state index contributed by atoms with van der Waals surface area (Å²) in [6.07, 6.45) is -4.98. The van der Waals surface area contributed by atoms with Crippen molar-refractivity contribution in [3.63, 3.8) is 0 Å². The minimum atomic E-state index is -5.01. The van der Waals surface area contributed by atoms with Crippen molar-refractivity contribution >= 4 is 34.8 Å². The fraction of sp³-hybridized carbons (Fsp3) is 0.391. The Morgan fingerprint density at radius 1 is 1.22 bits per heavy atom. The number of likely N-dealkylation sites (N-methyl/N-ethyl adjacent to an activating group) is 1. The molecular weight excluding hydrogens is 484 g/mol. The van der Waals surface area contributed by atoms with E-state index in [1.165, 1.54) is 0 Å². The molecule has 0 aliphatic heterocycles. The Labute approximate surface area is 204 Å². The molecule has 2 heterocycles. The average Bonchev–Trinajstić information content (AvgIpc) is 3.09.